The summed E-state index contributed by atoms with van der Waals surface area (Å²) in [5.74, 6) is -0.114. The number of fused-ring (bicyclic) bond motifs is 2. The van der Waals surface area contributed by atoms with E-state index in [0.717, 1.165) is 5.56 Å². The summed E-state index contributed by atoms with van der Waals surface area (Å²) in [6.07, 6.45) is -0.316. The predicted octanol–water partition coefficient (Wildman–Crippen LogP) is 1.66. The Morgan fingerprint density at radius 3 is 2.72 bits per heavy atom. The highest BCUT2D eigenvalue weighted by Crippen LogP contribution is 2.38. The Balaban J connectivity index is 2.04. The SMILES string of the molecule is CC1=C2C(=O)OC[C@@H]([C@@H](c3ccccc3)O1)S2=O. The molecule has 2 aliphatic rings. The molecule has 18 heavy (non-hydrogen) atoms. The van der Waals surface area contributed by atoms with E-state index in [4.69, 9.17) is 9.47 Å². The summed E-state index contributed by atoms with van der Waals surface area (Å²) in [5, 5.41) is -0.316. The quantitative estimate of drug-likeness (QED) is 0.724. The lowest BCUT2D eigenvalue weighted by molar-refractivity contribution is -0.141. The Morgan fingerprint density at radius 2 is 2.00 bits per heavy atom. The zero-order valence-electron chi connectivity index (χ0n) is 9.79. The fourth-order valence-corrected chi connectivity index (χ4v) is 3.74. The molecule has 3 atom stereocenters. The van der Waals surface area contributed by atoms with Gasteiger partial charge in [-0.05, 0) is 12.5 Å². The van der Waals surface area contributed by atoms with E-state index in [1.165, 1.54) is 0 Å². The highest BCUT2D eigenvalue weighted by atomic mass is 32.2. The smallest absolute Gasteiger partial charge is 0.350 e. The zero-order valence-corrected chi connectivity index (χ0v) is 10.6. The molecule has 1 aromatic rings. The largest absolute Gasteiger partial charge is 0.487 e. The van der Waals surface area contributed by atoms with Gasteiger partial charge in [0.1, 0.15) is 23.7 Å². The van der Waals surface area contributed by atoms with Crippen LogP contribution in [0.15, 0.2) is 41.0 Å². The molecule has 0 amide bonds. The Morgan fingerprint density at radius 1 is 1.28 bits per heavy atom. The van der Waals surface area contributed by atoms with Crippen LogP contribution in [0, 0.1) is 0 Å². The lowest BCUT2D eigenvalue weighted by atomic mass is 10.1. The molecule has 1 unspecified atom stereocenters. The second kappa shape index (κ2) is 4.24. The van der Waals surface area contributed by atoms with Crippen LogP contribution in [0.25, 0.3) is 0 Å². The van der Waals surface area contributed by atoms with Crippen LogP contribution in [-0.2, 0) is 25.1 Å². The van der Waals surface area contributed by atoms with E-state index >= 15 is 0 Å². The molecule has 0 N–H and O–H groups in total. The summed E-state index contributed by atoms with van der Waals surface area (Å²) < 4.78 is 23.1. The van der Waals surface area contributed by atoms with Gasteiger partial charge >= 0.3 is 5.97 Å². The third-order valence-corrected chi connectivity index (χ3v) is 4.92. The van der Waals surface area contributed by atoms with Gasteiger partial charge in [0.05, 0.1) is 10.8 Å². The molecule has 1 saturated heterocycles. The van der Waals surface area contributed by atoms with E-state index in [2.05, 4.69) is 0 Å². The van der Waals surface area contributed by atoms with Crippen molar-refractivity contribution in [2.24, 2.45) is 0 Å². The van der Waals surface area contributed by atoms with Crippen LogP contribution in [0.1, 0.15) is 18.6 Å². The predicted molar refractivity (Wildman–Crippen MR) is 65.9 cm³/mol. The standard InChI is InChI=1S/C13H12O4S/c1-8-12-13(14)16-7-10(18(12)15)11(17-8)9-5-3-2-4-6-9/h2-6,10-11H,7H2,1H3/t10-,11+,18?/m0/s1. The average Bonchev–Trinajstić information content (AvgIpc) is 2.37. The Labute approximate surface area is 107 Å². The molecule has 0 spiro atoms. The summed E-state index contributed by atoms with van der Waals surface area (Å²) in [6, 6.07) is 9.58. The lowest BCUT2D eigenvalue weighted by Crippen LogP contribution is -2.42. The molecule has 1 aromatic carbocycles. The molecule has 3 rings (SSSR count). The molecule has 5 heteroatoms. The fourth-order valence-electron chi connectivity index (χ4n) is 2.25. The molecule has 0 radical (unpaired) electrons. The molecule has 0 saturated carbocycles. The first kappa shape index (κ1) is 11.5. The van der Waals surface area contributed by atoms with Gasteiger partial charge in [0.25, 0.3) is 0 Å². The van der Waals surface area contributed by atoms with Crippen LogP contribution >= 0.6 is 0 Å². The molecule has 1 fully saturated rings. The second-order valence-corrected chi connectivity index (χ2v) is 5.88. The number of carbonyl (C=O) groups is 1. The lowest BCUT2D eigenvalue weighted by Gasteiger charge is -2.35. The summed E-state index contributed by atoms with van der Waals surface area (Å²) in [4.78, 5) is 11.7. The number of rotatable bonds is 1. The first-order valence-corrected chi connectivity index (χ1v) is 6.90. The number of allylic oxidation sites excluding steroid dienone is 1. The van der Waals surface area contributed by atoms with Gasteiger partial charge in [0.15, 0.2) is 4.91 Å². The minimum absolute atomic E-state index is 0.141. The Bertz CT molecular complexity index is 549. The van der Waals surface area contributed by atoms with Crippen molar-refractivity contribution in [3.8, 4) is 0 Å². The number of hydrogen-bond acceptors (Lipinski definition) is 4. The van der Waals surface area contributed by atoms with Gasteiger partial charge in [-0.2, -0.15) is 0 Å². The molecular formula is C13H12O4S. The van der Waals surface area contributed by atoms with Crippen molar-refractivity contribution in [3.63, 3.8) is 0 Å². The molecule has 4 nitrogen and oxygen atoms in total. The fraction of sp³-hybridized carbons (Fsp3) is 0.308. The number of cyclic esters (lactones) is 1. The summed E-state index contributed by atoms with van der Waals surface area (Å²) in [7, 11) is -1.35. The number of hydrogen-bond donors (Lipinski definition) is 0. The average molecular weight is 264 g/mol. The van der Waals surface area contributed by atoms with Crippen molar-refractivity contribution >= 4 is 16.8 Å². The normalized spacial score (nSPS) is 30.7. The maximum Gasteiger partial charge on any atom is 0.350 e. The van der Waals surface area contributed by atoms with E-state index in [1.807, 2.05) is 30.3 Å². The molecule has 2 bridgehead atoms. The van der Waals surface area contributed by atoms with Crippen LogP contribution in [0.4, 0.5) is 0 Å². The minimum atomic E-state index is -1.35. The van der Waals surface area contributed by atoms with Gasteiger partial charge in [0.2, 0.25) is 0 Å². The Kier molecular flexibility index (Phi) is 2.70. The molecule has 2 heterocycles. The second-order valence-electron chi connectivity index (χ2n) is 4.27. The summed E-state index contributed by atoms with van der Waals surface area (Å²) in [6.45, 7) is 1.80. The molecular weight excluding hydrogens is 252 g/mol. The van der Waals surface area contributed by atoms with E-state index in [9.17, 15) is 9.00 Å². The molecule has 0 aliphatic carbocycles. The maximum absolute atomic E-state index is 12.3. The van der Waals surface area contributed by atoms with Crippen molar-refractivity contribution in [1.82, 2.24) is 0 Å². The van der Waals surface area contributed by atoms with E-state index in [1.54, 1.807) is 6.92 Å². The molecule has 2 aliphatic heterocycles. The van der Waals surface area contributed by atoms with Gasteiger partial charge in [-0.15, -0.1) is 0 Å². The van der Waals surface area contributed by atoms with Gasteiger partial charge in [-0.25, -0.2) is 4.79 Å². The summed E-state index contributed by atoms with van der Waals surface area (Å²) >= 11 is 0. The topological polar surface area (TPSA) is 52.6 Å². The van der Waals surface area contributed by atoms with Crippen LogP contribution in [-0.4, -0.2) is 22.0 Å². The van der Waals surface area contributed by atoms with Gasteiger partial charge in [-0.3, -0.25) is 4.21 Å². The third kappa shape index (κ3) is 1.66. The summed E-state index contributed by atoms with van der Waals surface area (Å²) in [5.41, 5.74) is 0.951. The van der Waals surface area contributed by atoms with Crippen molar-refractivity contribution in [2.75, 3.05) is 6.61 Å². The van der Waals surface area contributed by atoms with Gasteiger partial charge in [0, 0.05) is 0 Å². The van der Waals surface area contributed by atoms with E-state index in [-0.39, 0.29) is 22.9 Å². The van der Waals surface area contributed by atoms with E-state index < -0.39 is 16.8 Å². The number of ether oxygens (including phenoxy) is 2. The van der Waals surface area contributed by atoms with Crippen LogP contribution in [0.3, 0.4) is 0 Å². The Hall–Kier alpha value is -1.62. The maximum atomic E-state index is 12.3. The number of benzene rings is 1. The highest BCUT2D eigenvalue weighted by molar-refractivity contribution is 7.90. The van der Waals surface area contributed by atoms with Crippen LogP contribution < -0.4 is 0 Å². The first-order valence-electron chi connectivity index (χ1n) is 5.68. The monoisotopic (exact) mass is 264 g/mol. The van der Waals surface area contributed by atoms with Crippen molar-refractivity contribution in [3.05, 3.63) is 46.6 Å². The number of carbonyl (C=O) groups excluding carboxylic acids is 1. The first-order chi connectivity index (χ1) is 8.68. The molecule has 0 aromatic heterocycles. The molecule has 94 valence electrons. The third-order valence-electron chi connectivity index (χ3n) is 3.13. The number of esters is 1. The van der Waals surface area contributed by atoms with Crippen molar-refractivity contribution < 1.29 is 18.5 Å². The minimum Gasteiger partial charge on any atom is -0.487 e. The van der Waals surface area contributed by atoms with Crippen molar-refractivity contribution in [1.29, 1.82) is 0 Å². The van der Waals surface area contributed by atoms with E-state index in [0.29, 0.717) is 5.76 Å². The van der Waals surface area contributed by atoms with Crippen LogP contribution in [0.5, 0.6) is 0 Å². The van der Waals surface area contributed by atoms with Crippen molar-refractivity contribution in [2.45, 2.75) is 18.3 Å². The van der Waals surface area contributed by atoms with Gasteiger partial charge in [-0.1, -0.05) is 30.3 Å². The van der Waals surface area contributed by atoms with Crippen LogP contribution in [0.2, 0.25) is 0 Å². The van der Waals surface area contributed by atoms with Gasteiger partial charge < -0.3 is 9.47 Å². The highest BCUT2D eigenvalue weighted by Gasteiger charge is 2.45. The zero-order chi connectivity index (χ0) is 12.7.